The third kappa shape index (κ3) is 3.58. The van der Waals surface area contributed by atoms with Crippen LogP contribution in [0.5, 0.6) is 5.75 Å². The highest BCUT2D eigenvalue weighted by atomic mass is 35.5. The number of rotatable bonds is 2. The van der Waals surface area contributed by atoms with Gasteiger partial charge in [-0.15, -0.1) is 0 Å². The van der Waals surface area contributed by atoms with E-state index in [1.165, 1.54) is 53.1 Å². The molecule has 0 atom stereocenters. The number of hydrogen-bond donors (Lipinski definition) is 1. The van der Waals surface area contributed by atoms with E-state index in [0.29, 0.717) is 27.1 Å². The van der Waals surface area contributed by atoms with Gasteiger partial charge in [-0.2, -0.15) is 0 Å². The Bertz CT molecular complexity index is 1330. The Morgan fingerprint density at radius 2 is 1.48 bits per heavy atom. The van der Waals surface area contributed by atoms with Crippen LogP contribution in [0.15, 0.2) is 59.4 Å². The largest absolute Gasteiger partial charge is 0.508 e. The lowest BCUT2D eigenvalue weighted by molar-refractivity contribution is 0.476. The molecule has 0 spiro atoms. The molecule has 29 heavy (non-hydrogen) atoms. The summed E-state index contributed by atoms with van der Waals surface area (Å²) in [4.78, 5) is 12.7. The quantitative estimate of drug-likeness (QED) is 0.340. The minimum Gasteiger partial charge on any atom is -0.508 e. The molecule has 0 fully saturated rings. The zero-order valence-corrected chi connectivity index (χ0v) is 17.4. The molecular weight excluding hydrogens is 459 g/mol. The number of hydrogen-bond acceptors (Lipinski definition) is 2. The van der Waals surface area contributed by atoms with Crippen LogP contribution in [-0.4, -0.2) is 9.67 Å². The summed E-state index contributed by atoms with van der Waals surface area (Å²) in [6, 6.07) is 12.7. The van der Waals surface area contributed by atoms with Gasteiger partial charge >= 0.3 is 0 Å². The van der Waals surface area contributed by atoms with E-state index in [-0.39, 0.29) is 26.5 Å². The Hall–Kier alpha value is -2.24. The fourth-order valence-electron chi connectivity index (χ4n) is 3.24. The summed E-state index contributed by atoms with van der Waals surface area (Å²) in [5, 5.41) is 11.7. The fourth-order valence-corrected chi connectivity index (χ4v) is 4.50. The van der Waals surface area contributed by atoms with E-state index in [1.807, 2.05) is 0 Å². The monoisotopic (exact) mass is 467 g/mol. The van der Waals surface area contributed by atoms with Crippen LogP contribution in [0.1, 0.15) is 0 Å². The Labute approximate surface area is 184 Å². The Kier molecular flexibility index (Phi) is 5.21. The van der Waals surface area contributed by atoms with Gasteiger partial charge in [-0.3, -0.25) is 9.36 Å². The van der Waals surface area contributed by atoms with Crippen molar-refractivity contribution >= 4 is 57.3 Å². The molecule has 0 aliphatic heterocycles. The van der Waals surface area contributed by atoms with Gasteiger partial charge in [-0.25, -0.2) is 4.39 Å². The third-order valence-corrected chi connectivity index (χ3v) is 5.53. The number of halogens is 5. The van der Waals surface area contributed by atoms with Gasteiger partial charge < -0.3 is 5.11 Å². The first-order valence-electron chi connectivity index (χ1n) is 8.25. The highest BCUT2D eigenvalue weighted by Gasteiger charge is 2.18. The van der Waals surface area contributed by atoms with Crippen molar-refractivity contribution in [1.82, 2.24) is 4.57 Å². The second kappa shape index (κ2) is 7.54. The van der Waals surface area contributed by atoms with Crippen LogP contribution < -0.4 is 5.56 Å². The first-order chi connectivity index (χ1) is 13.8. The van der Waals surface area contributed by atoms with Gasteiger partial charge in [-0.1, -0.05) is 46.4 Å². The van der Waals surface area contributed by atoms with Crippen LogP contribution in [0.25, 0.3) is 27.7 Å². The molecule has 0 aliphatic carbocycles. The van der Waals surface area contributed by atoms with E-state index in [9.17, 15) is 14.3 Å². The highest BCUT2D eigenvalue weighted by Crippen LogP contribution is 2.39. The van der Waals surface area contributed by atoms with Crippen molar-refractivity contribution in [2.75, 3.05) is 0 Å². The first kappa shape index (κ1) is 20.0. The fraction of sp³-hybridized carbons (Fsp3) is 0. The van der Waals surface area contributed by atoms with Crippen LogP contribution in [0, 0.1) is 5.82 Å². The lowest BCUT2D eigenvalue weighted by atomic mass is 9.99. The zero-order chi connectivity index (χ0) is 20.9. The standard InChI is InChI=1S/C21H10Cl4FNO2/c22-10-5-17(24)21(18(25)6-10)27-19-9-12(28)8-15(14(19)3-4-20(27)29)13-2-1-11(26)7-16(13)23/h1-9,28H. The summed E-state index contributed by atoms with van der Waals surface area (Å²) in [6.07, 6.45) is 0. The molecule has 4 rings (SSSR count). The third-order valence-electron chi connectivity index (χ3n) is 4.42. The van der Waals surface area contributed by atoms with Gasteiger partial charge in [0.2, 0.25) is 0 Å². The summed E-state index contributed by atoms with van der Waals surface area (Å²) in [5.74, 6) is -0.603. The maximum absolute atomic E-state index is 13.5. The second-order valence-corrected chi connectivity index (χ2v) is 7.93. The summed E-state index contributed by atoms with van der Waals surface area (Å²) in [5.41, 5.74) is 1.17. The molecule has 4 aromatic rings. The summed E-state index contributed by atoms with van der Waals surface area (Å²) in [6.45, 7) is 0. The van der Waals surface area contributed by atoms with Crippen molar-refractivity contribution in [1.29, 1.82) is 0 Å². The molecule has 146 valence electrons. The van der Waals surface area contributed by atoms with Gasteiger partial charge in [0.1, 0.15) is 11.6 Å². The van der Waals surface area contributed by atoms with Gasteiger partial charge in [0.05, 0.1) is 26.3 Å². The van der Waals surface area contributed by atoms with E-state index in [2.05, 4.69) is 0 Å². The molecular formula is C21H10Cl4FNO2. The van der Waals surface area contributed by atoms with Gasteiger partial charge in [0, 0.05) is 28.1 Å². The van der Waals surface area contributed by atoms with Crippen LogP contribution in [-0.2, 0) is 0 Å². The minimum atomic E-state index is -0.486. The molecule has 0 amide bonds. The lowest BCUT2D eigenvalue weighted by Gasteiger charge is -2.16. The first-order valence-corrected chi connectivity index (χ1v) is 9.76. The Morgan fingerprint density at radius 3 is 2.14 bits per heavy atom. The van der Waals surface area contributed by atoms with Crippen LogP contribution in [0.4, 0.5) is 4.39 Å². The molecule has 3 aromatic carbocycles. The molecule has 1 heterocycles. The summed E-state index contributed by atoms with van der Waals surface area (Å²) < 4.78 is 14.8. The molecule has 0 saturated heterocycles. The molecule has 0 aliphatic rings. The molecule has 0 bridgehead atoms. The normalized spacial score (nSPS) is 11.2. The molecule has 0 saturated carbocycles. The topological polar surface area (TPSA) is 42.2 Å². The van der Waals surface area contributed by atoms with Crippen LogP contribution >= 0.6 is 46.4 Å². The number of pyridine rings is 1. The lowest BCUT2D eigenvalue weighted by Crippen LogP contribution is -2.18. The van der Waals surface area contributed by atoms with E-state index in [1.54, 1.807) is 6.07 Å². The Morgan fingerprint density at radius 1 is 0.793 bits per heavy atom. The number of aromatic hydroxyl groups is 1. The van der Waals surface area contributed by atoms with Gasteiger partial charge in [0.25, 0.3) is 5.56 Å². The molecule has 8 heteroatoms. The number of benzene rings is 3. The van der Waals surface area contributed by atoms with E-state index >= 15 is 0 Å². The number of phenolic OH excluding ortho intramolecular Hbond substituents is 1. The van der Waals surface area contributed by atoms with Crippen molar-refractivity contribution in [2.45, 2.75) is 0 Å². The predicted octanol–water partition coefficient (Wildman–Crippen LogP) is 7.12. The van der Waals surface area contributed by atoms with Crippen molar-refractivity contribution < 1.29 is 9.50 Å². The SMILES string of the molecule is O=c1ccc2c(-c3ccc(F)cc3Cl)cc(O)cc2n1-c1c(Cl)cc(Cl)cc1Cl. The minimum absolute atomic E-state index is 0.117. The maximum atomic E-state index is 13.5. The van der Waals surface area contributed by atoms with E-state index in [4.69, 9.17) is 46.4 Å². The molecule has 0 radical (unpaired) electrons. The number of phenols is 1. The van der Waals surface area contributed by atoms with Gasteiger partial charge in [0.15, 0.2) is 0 Å². The van der Waals surface area contributed by atoms with Crippen molar-refractivity contribution in [2.24, 2.45) is 0 Å². The van der Waals surface area contributed by atoms with Gasteiger partial charge in [-0.05, 0) is 48.0 Å². The van der Waals surface area contributed by atoms with Crippen molar-refractivity contribution in [3.63, 3.8) is 0 Å². The smallest absolute Gasteiger partial charge is 0.255 e. The Balaban J connectivity index is 2.13. The van der Waals surface area contributed by atoms with Crippen molar-refractivity contribution in [3.8, 4) is 22.6 Å². The molecule has 1 aromatic heterocycles. The average molecular weight is 469 g/mol. The molecule has 1 N–H and O–H groups in total. The maximum Gasteiger partial charge on any atom is 0.255 e. The predicted molar refractivity (Wildman–Crippen MR) is 117 cm³/mol. The second-order valence-electron chi connectivity index (χ2n) is 6.28. The molecule has 3 nitrogen and oxygen atoms in total. The van der Waals surface area contributed by atoms with Crippen LogP contribution in [0.2, 0.25) is 20.1 Å². The summed E-state index contributed by atoms with van der Waals surface area (Å²) in [7, 11) is 0. The number of nitrogens with zero attached hydrogens (tertiary/aromatic N) is 1. The number of aromatic nitrogens is 1. The average Bonchev–Trinajstić information content (AvgIpc) is 2.62. The van der Waals surface area contributed by atoms with E-state index < -0.39 is 11.4 Å². The van der Waals surface area contributed by atoms with Crippen molar-refractivity contribution in [3.05, 3.63) is 90.9 Å². The highest BCUT2D eigenvalue weighted by molar-refractivity contribution is 6.40. The van der Waals surface area contributed by atoms with Crippen LogP contribution in [0.3, 0.4) is 0 Å². The molecule has 0 unspecified atom stereocenters. The zero-order valence-electron chi connectivity index (χ0n) is 14.4. The number of fused-ring (bicyclic) bond motifs is 1. The van der Waals surface area contributed by atoms with E-state index in [0.717, 1.165) is 0 Å². The summed E-state index contributed by atoms with van der Waals surface area (Å²) >= 11 is 24.9.